The molecule has 7 heteroatoms. The molecule has 0 saturated carbocycles. The van der Waals surface area contributed by atoms with Crippen molar-refractivity contribution in [3.8, 4) is 28.6 Å². The van der Waals surface area contributed by atoms with Gasteiger partial charge in [0.15, 0.2) is 12.0 Å². The number of rotatable bonds is 7. The molecule has 0 unspecified atom stereocenters. The molecule has 0 aliphatic carbocycles. The Morgan fingerprint density at radius 1 is 1.00 bits per heavy atom. The first-order valence-corrected chi connectivity index (χ1v) is 9.92. The monoisotopic (exact) mass is 431 g/mol. The number of nitrogens with one attached hydrogen (secondary N) is 1. The molecular weight excluding hydrogens is 410 g/mol. The third-order valence-electron chi connectivity index (χ3n) is 4.84. The first-order valence-electron chi connectivity index (χ1n) is 9.92. The SMILES string of the molecule is COc1cccc(CNC(=O)COc2cc(O)c3c(=O)cc(-c4ccccc4)oc3c2)c1. The Kier molecular flexibility index (Phi) is 6.07. The highest BCUT2D eigenvalue weighted by Gasteiger charge is 2.13. The number of benzene rings is 3. The Hall–Kier alpha value is -4.26. The van der Waals surface area contributed by atoms with Crippen molar-refractivity contribution in [2.45, 2.75) is 6.54 Å². The van der Waals surface area contributed by atoms with Crippen LogP contribution in [0.4, 0.5) is 0 Å². The molecular formula is C25H21NO6. The molecule has 2 N–H and O–H groups in total. The van der Waals surface area contributed by atoms with Gasteiger partial charge in [-0.25, -0.2) is 0 Å². The predicted octanol–water partition coefficient (Wildman–Crippen LogP) is 3.87. The summed E-state index contributed by atoms with van der Waals surface area (Å²) < 4.78 is 16.5. The Morgan fingerprint density at radius 3 is 2.59 bits per heavy atom. The van der Waals surface area contributed by atoms with Crippen molar-refractivity contribution in [1.82, 2.24) is 5.32 Å². The van der Waals surface area contributed by atoms with E-state index >= 15 is 0 Å². The third kappa shape index (κ3) is 4.73. The topological polar surface area (TPSA) is 98.0 Å². The fourth-order valence-electron chi connectivity index (χ4n) is 3.25. The maximum atomic E-state index is 12.5. The van der Waals surface area contributed by atoms with Gasteiger partial charge in [0.25, 0.3) is 5.91 Å². The van der Waals surface area contributed by atoms with Crippen molar-refractivity contribution in [3.05, 3.63) is 88.6 Å². The number of hydrogen-bond acceptors (Lipinski definition) is 6. The van der Waals surface area contributed by atoms with Crippen LogP contribution in [0.3, 0.4) is 0 Å². The fourth-order valence-corrected chi connectivity index (χ4v) is 3.25. The Bertz CT molecular complexity index is 1310. The molecule has 0 aliphatic rings. The Morgan fingerprint density at radius 2 is 1.81 bits per heavy atom. The van der Waals surface area contributed by atoms with Gasteiger partial charge in [0.2, 0.25) is 0 Å². The van der Waals surface area contributed by atoms with Gasteiger partial charge in [-0.05, 0) is 17.7 Å². The molecule has 0 spiro atoms. The van der Waals surface area contributed by atoms with Crippen LogP contribution in [-0.2, 0) is 11.3 Å². The van der Waals surface area contributed by atoms with Gasteiger partial charge in [-0.3, -0.25) is 9.59 Å². The smallest absolute Gasteiger partial charge is 0.258 e. The number of aromatic hydroxyl groups is 1. The van der Waals surface area contributed by atoms with Gasteiger partial charge in [0, 0.05) is 30.3 Å². The molecule has 7 nitrogen and oxygen atoms in total. The summed E-state index contributed by atoms with van der Waals surface area (Å²) in [5, 5.41) is 13.1. The Balaban J connectivity index is 1.48. The number of carbonyl (C=O) groups excluding carboxylic acids is 1. The van der Waals surface area contributed by atoms with Crippen LogP contribution < -0.4 is 20.2 Å². The number of phenols is 1. The van der Waals surface area contributed by atoms with Gasteiger partial charge < -0.3 is 24.3 Å². The lowest BCUT2D eigenvalue weighted by Gasteiger charge is -2.10. The summed E-state index contributed by atoms with van der Waals surface area (Å²) in [7, 11) is 1.58. The molecule has 0 fully saturated rings. The zero-order valence-electron chi connectivity index (χ0n) is 17.3. The number of fused-ring (bicyclic) bond motifs is 1. The van der Waals surface area contributed by atoms with Gasteiger partial charge in [-0.1, -0.05) is 42.5 Å². The normalized spacial score (nSPS) is 10.7. The van der Waals surface area contributed by atoms with E-state index in [0.29, 0.717) is 18.1 Å². The summed E-state index contributed by atoms with van der Waals surface area (Å²) >= 11 is 0. The van der Waals surface area contributed by atoms with Gasteiger partial charge in [-0.2, -0.15) is 0 Å². The number of phenolic OH excluding ortho intramolecular Hbond substituents is 1. The van der Waals surface area contributed by atoms with E-state index in [0.717, 1.165) is 11.1 Å². The molecule has 4 rings (SSSR count). The number of carbonyl (C=O) groups is 1. The fraction of sp³-hybridized carbons (Fsp3) is 0.120. The summed E-state index contributed by atoms with van der Waals surface area (Å²) in [6, 6.07) is 20.6. The molecule has 4 aromatic rings. The van der Waals surface area contributed by atoms with Crippen molar-refractivity contribution in [2.75, 3.05) is 13.7 Å². The van der Waals surface area contributed by atoms with Crippen LogP contribution in [0.5, 0.6) is 17.2 Å². The van der Waals surface area contributed by atoms with E-state index in [2.05, 4.69) is 5.32 Å². The molecule has 0 radical (unpaired) electrons. The van der Waals surface area contributed by atoms with Crippen LogP contribution in [0.1, 0.15) is 5.56 Å². The van der Waals surface area contributed by atoms with Crippen molar-refractivity contribution in [3.63, 3.8) is 0 Å². The van der Waals surface area contributed by atoms with Crippen LogP contribution >= 0.6 is 0 Å². The molecule has 162 valence electrons. The highest BCUT2D eigenvalue weighted by atomic mass is 16.5. The minimum atomic E-state index is -0.370. The van der Waals surface area contributed by atoms with Crippen LogP contribution in [-0.4, -0.2) is 24.7 Å². The van der Waals surface area contributed by atoms with Gasteiger partial charge in [0.1, 0.15) is 34.0 Å². The van der Waals surface area contributed by atoms with Crippen LogP contribution in [0.15, 0.2) is 82.0 Å². The average Bonchev–Trinajstić information content (AvgIpc) is 2.81. The summed E-state index contributed by atoms with van der Waals surface area (Å²) in [6.07, 6.45) is 0. The lowest BCUT2D eigenvalue weighted by Crippen LogP contribution is -2.28. The van der Waals surface area contributed by atoms with E-state index in [1.807, 2.05) is 54.6 Å². The molecule has 32 heavy (non-hydrogen) atoms. The standard InChI is InChI=1S/C25H21NO6/c1-30-18-9-5-6-16(10-18)14-26-24(29)15-31-19-11-20(27)25-21(28)13-22(32-23(25)12-19)17-7-3-2-4-8-17/h2-13,27H,14-15H2,1H3,(H,26,29). The van der Waals surface area contributed by atoms with E-state index in [9.17, 15) is 14.7 Å². The number of hydrogen-bond donors (Lipinski definition) is 2. The average molecular weight is 431 g/mol. The molecule has 0 bridgehead atoms. The highest BCUT2D eigenvalue weighted by molar-refractivity contribution is 5.86. The maximum Gasteiger partial charge on any atom is 0.258 e. The molecule has 1 amide bonds. The largest absolute Gasteiger partial charge is 0.507 e. The van der Waals surface area contributed by atoms with E-state index in [1.165, 1.54) is 18.2 Å². The molecule has 0 aliphatic heterocycles. The maximum absolute atomic E-state index is 12.5. The van der Waals surface area contributed by atoms with Crippen LogP contribution in [0.25, 0.3) is 22.3 Å². The van der Waals surface area contributed by atoms with Crippen LogP contribution in [0.2, 0.25) is 0 Å². The summed E-state index contributed by atoms with van der Waals surface area (Å²) in [5.74, 6) is 0.668. The zero-order valence-corrected chi connectivity index (χ0v) is 17.3. The zero-order chi connectivity index (χ0) is 22.5. The second-order valence-corrected chi connectivity index (χ2v) is 7.07. The third-order valence-corrected chi connectivity index (χ3v) is 4.84. The van der Waals surface area contributed by atoms with Crippen LogP contribution in [0, 0.1) is 0 Å². The minimum absolute atomic E-state index is 0.0551. The number of ether oxygens (including phenoxy) is 2. The van der Waals surface area contributed by atoms with Gasteiger partial charge in [0.05, 0.1) is 7.11 Å². The molecule has 1 heterocycles. The van der Waals surface area contributed by atoms with E-state index in [-0.39, 0.29) is 40.4 Å². The van der Waals surface area contributed by atoms with E-state index in [1.54, 1.807) is 7.11 Å². The second-order valence-electron chi connectivity index (χ2n) is 7.07. The first-order chi connectivity index (χ1) is 15.5. The number of methoxy groups -OCH3 is 1. The molecule has 3 aromatic carbocycles. The van der Waals surface area contributed by atoms with Gasteiger partial charge in [-0.15, -0.1) is 0 Å². The second kappa shape index (κ2) is 9.26. The van der Waals surface area contributed by atoms with Crippen molar-refractivity contribution < 1.29 is 23.8 Å². The highest BCUT2D eigenvalue weighted by Crippen LogP contribution is 2.31. The lowest BCUT2D eigenvalue weighted by molar-refractivity contribution is -0.123. The van der Waals surface area contributed by atoms with E-state index < -0.39 is 0 Å². The quantitative estimate of drug-likeness (QED) is 0.461. The lowest BCUT2D eigenvalue weighted by atomic mass is 10.1. The Labute approximate surface area is 183 Å². The van der Waals surface area contributed by atoms with Crippen molar-refractivity contribution in [2.24, 2.45) is 0 Å². The summed E-state index contributed by atoms with van der Waals surface area (Å²) in [4.78, 5) is 24.7. The predicted molar refractivity (Wildman–Crippen MR) is 120 cm³/mol. The molecule has 0 saturated heterocycles. The van der Waals surface area contributed by atoms with Gasteiger partial charge >= 0.3 is 0 Å². The first kappa shape index (κ1) is 21.0. The van der Waals surface area contributed by atoms with Crippen molar-refractivity contribution >= 4 is 16.9 Å². The van der Waals surface area contributed by atoms with Crippen molar-refractivity contribution in [1.29, 1.82) is 0 Å². The molecule has 1 aromatic heterocycles. The summed E-state index contributed by atoms with van der Waals surface area (Å²) in [5.41, 5.74) is 1.42. The molecule has 0 atom stereocenters. The summed E-state index contributed by atoms with van der Waals surface area (Å²) in [6.45, 7) is 0.0508. The number of amides is 1. The minimum Gasteiger partial charge on any atom is -0.507 e. The van der Waals surface area contributed by atoms with E-state index in [4.69, 9.17) is 13.9 Å².